The van der Waals surface area contributed by atoms with Crippen LogP contribution in [0.2, 0.25) is 0 Å². The van der Waals surface area contributed by atoms with Gasteiger partial charge in [0.05, 0.1) is 6.61 Å². The van der Waals surface area contributed by atoms with Gasteiger partial charge in [-0.1, -0.05) is 19.1 Å². The summed E-state index contributed by atoms with van der Waals surface area (Å²) in [5, 5.41) is 0. The van der Waals surface area contributed by atoms with Crippen molar-refractivity contribution < 1.29 is 9.53 Å². The number of ether oxygens (including phenoxy) is 1. The molecule has 64 valence electrons. The summed E-state index contributed by atoms with van der Waals surface area (Å²) in [6, 6.07) is 0. The van der Waals surface area contributed by atoms with Crippen LogP contribution in [0.15, 0.2) is 12.2 Å². The van der Waals surface area contributed by atoms with E-state index in [0.717, 1.165) is 6.42 Å². The van der Waals surface area contributed by atoms with Crippen molar-refractivity contribution in [3.8, 4) is 0 Å². The van der Waals surface area contributed by atoms with Crippen molar-refractivity contribution in [2.75, 3.05) is 6.61 Å². The van der Waals surface area contributed by atoms with E-state index in [0.29, 0.717) is 12.5 Å². The van der Waals surface area contributed by atoms with Gasteiger partial charge in [0.1, 0.15) is 0 Å². The largest absolute Gasteiger partial charge is 0.466 e. The summed E-state index contributed by atoms with van der Waals surface area (Å²) >= 11 is 0. The molecule has 0 spiro atoms. The van der Waals surface area contributed by atoms with E-state index in [1.807, 2.05) is 13.0 Å². The average molecular weight is 156 g/mol. The molecule has 1 atom stereocenters. The van der Waals surface area contributed by atoms with Crippen LogP contribution in [-0.2, 0) is 9.53 Å². The molecule has 0 amide bonds. The SMILES string of the molecule is CC=CC[C@@H](C)COC(C)=O. The van der Waals surface area contributed by atoms with Crippen LogP contribution in [0.3, 0.4) is 0 Å². The topological polar surface area (TPSA) is 26.3 Å². The molecule has 0 aromatic rings. The van der Waals surface area contributed by atoms with Gasteiger partial charge in [0.15, 0.2) is 0 Å². The Morgan fingerprint density at radius 2 is 2.27 bits per heavy atom. The highest BCUT2D eigenvalue weighted by Crippen LogP contribution is 2.02. The fourth-order valence-electron chi connectivity index (χ4n) is 0.696. The Morgan fingerprint density at radius 3 is 2.73 bits per heavy atom. The fourth-order valence-corrected chi connectivity index (χ4v) is 0.696. The maximum absolute atomic E-state index is 10.4. The van der Waals surface area contributed by atoms with Gasteiger partial charge in [-0.3, -0.25) is 4.79 Å². The zero-order valence-electron chi connectivity index (χ0n) is 7.46. The normalized spacial score (nSPS) is 13.4. The Hall–Kier alpha value is -0.790. The van der Waals surface area contributed by atoms with Crippen molar-refractivity contribution in [3.05, 3.63) is 12.2 Å². The minimum absolute atomic E-state index is 0.197. The first-order valence-corrected chi connectivity index (χ1v) is 3.91. The summed E-state index contributed by atoms with van der Waals surface area (Å²) in [6.45, 7) is 6.00. The molecular formula is C9H16O2. The van der Waals surface area contributed by atoms with Gasteiger partial charge >= 0.3 is 5.97 Å². The number of hydrogen-bond acceptors (Lipinski definition) is 2. The molecule has 0 rings (SSSR count). The lowest BCUT2D eigenvalue weighted by atomic mass is 10.1. The van der Waals surface area contributed by atoms with E-state index in [1.165, 1.54) is 6.92 Å². The monoisotopic (exact) mass is 156 g/mol. The molecular weight excluding hydrogens is 140 g/mol. The molecule has 0 heterocycles. The maximum Gasteiger partial charge on any atom is 0.302 e. The van der Waals surface area contributed by atoms with E-state index in [9.17, 15) is 4.79 Å². The van der Waals surface area contributed by atoms with Gasteiger partial charge < -0.3 is 4.74 Å². The second kappa shape index (κ2) is 5.96. The number of esters is 1. The molecule has 0 aliphatic rings. The van der Waals surface area contributed by atoms with Crippen LogP contribution in [0.1, 0.15) is 27.2 Å². The molecule has 0 aromatic carbocycles. The van der Waals surface area contributed by atoms with E-state index in [2.05, 4.69) is 13.0 Å². The molecule has 0 aliphatic carbocycles. The van der Waals surface area contributed by atoms with Crippen molar-refractivity contribution >= 4 is 5.97 Å². The lowest BCUT2D eigenvalue weighted by Crippen LogP contribution is -2.08. The van der Waals surface area contributed by atoms with Crippen molar-refractivity contribution in [1.82, 2.24) is 0 Å². The lowest BCUT2D eigenvalue weighted by molar-refractivity contribution is -0.142. The van der Waals surface area contributed by atoms with Crippen molar-refractivity contribution in [2.24, 2.45) is 5.92 Å². The first-order chi connectivity index (χ1) is 5.16. The Kier molecular flexibility index (Phi) is 5.53. The van der Waals surface area contributed by atoms with Gasteiger partial charge in [0, 0.05) is 6.92 Å². The Bertz CT molecular complexity index is 138. The number of hydrogen-bond donors (Lipinski definition) is 0. The van der Waals surface area contributed by atoms with Crippen molar-refractivity contribution in [1.29, 1.82) is 0 Å². The van der Waals surface area contributed by atoms with Gasteiger partial charge in [-0.25, -0.2) is 0 Å². The molecule has 0 saturated carbocycles. The van der Waals surface area contributed by atoms with Crippen LogP contribution in [0.4, 0.5) is 0 Å². The average Bonchev–Trinajstić information content (AvgIpc) is 1.97. The minimum atomic E-state index is -0.197. The van der Waals surface area contributed by atoms with E-state index < -0.39 is 0 Å². The van der Waals surface area contributed by atoms with Gasteiger partial charge in [-0.2, -0.15) is 0 Å². The summed E-state index contributed by atoms with van der Waals surface area (Å²) in [4.78, 5) is 10.4. The van der Waals surface area contributed by atoms with E-state index in [4.69, 9.17) is 4.74 Å². The number of allylic oxidation sites excluding steroid dienone is 2. The fraction of sp³-hybridized carbons (Fsp3) is 0.667. The Balaban J connectivity index is 3.36. The molecule has 0 radical (unpaired) electrons. The highest BCUT2D eigenvalue weighted by atomic mass is 16.5. The molecule has 2 heteroatoms. The highest BCUT2D eigenvalue weighted by Gasteiger charge is 2.00. The summed E-state index contributed by atoms with van der Waals surface area (Å²) in [5.74, 6) is 0.229. The zero-order chi connectivity index (χ0) is 8.69. The smallest absolute Gasteiger partial charge is 0.302 e. The quantitative estimate of drug-likeness (QED) is 0.460. The lowest BCUT2D eigenvalue weighted by Gasteiger charge is -2.07. The molecule has 0 aliphatic heterocycles. The van der Waals surface area contributed by atoms with Gasteiger partial charge in [0.25, 0.3) is 0 Å². The summed E-state index contributed by atoms with van der Waals surface area (Å²) in [6.07, 6.45) is 5.06. The summed E-state index contributed by atoms with van der Waals surface area (Å²) < 4.78 is 4.83. The van der Waals surface area contributed by atoms with Gasteiger partial charge in [0.2, 0.25) is 0 Å². The molecule has 0 fully saturated rings. The molecule has 0 N–H and O–H groups in total. The van der Waals surface area contributed by atoms with E-state index >= 15 is 0 Å². The predicted octanol–water partition coefficient (Wildman–Crippen LogP) is 2.15. The molecule has 0 unspecified atom stereocenters. The molecule has 0 saturated heterocycles. The van der Waals surface area contributed by atoms with Crippen LogP contribution < -0.4 is 0 Å². The highest BCUT2D eigenvalue weighted by molar-refractivity contribution is 5.65. The van der Waals surface area contributed by atoms with Crippen molar-refractivity contribution in [3.63, 3.8) is 0 Å². The number of carbonyl (C=O) groups excluding carboxylic acids is 1. The van der Waals surface area contributed by atoms with Crippen LogP contribution in [0.5, 0.6) is 0 Å². The molecule has 11 heavy (non-hydrogen) atoms. The maximum atomic E-state index is 10.4. The van der Waals surface area contributed by atoms with Crippen LogP contribution >= 0.6 is 0 Å². The Morgan fingerprint density at radius 1 is 1.64 bits per heavy atom. The third kappa shape index (κ3) is 7.10. The second-order valence-corrected chi connectivity index (χ2v) is 2.71. The zero-order valence-corrected chi connectivity index (χ0v) is 7.46. The van der Waals surface area contributed by atoms with Crippen LogP contribution in [0, 0.1) is 5.92 Å². The van der Waals surface area contributed by atoms with E-state index in [1.54, 1.807) is 0 Å². The third-order valence-electron chi connectivity index (χ3n) is 1.35. The van der Waals surface area contributed by atoms with E-state index in [-0.39, 0.29) is 5.97 Å². The summed E-state index contributed by atoms with van der Waals surface area (Å²) in [7, 11) is 0. The predicted molar refractivity (Wildman–Crippen MR) is 45.2 cm³/mol. The first-order valence-electron chi connectivity index (χ1n) is 3.91. The first kappa shape index (κ1) is 10.2. The number of carbonyl (C=O) groups is 1. The minimum Gasteiger partial charge on any atom is -0.466 e. The molecule has 2 nitrogen and oxygen atoms in total. The second-order valence-electron chi connectivity index (χ2n) is 2.71. The molecule has 0 aromatic heterocycles. The molecule has 0 bridgehead atoms. The summed E-state index contributed by atoms with van der Waals surface area (Å²) in [5.41, 5.74) is 0. The van der Waals surface area contributed by atoms with Crippen LogP contribution in [-0.4, -0.2) is 12.6 Å². The third-order valence-corrected chi connectivity index (χ3v) is 1.35. The van der Waals surface area contributed by atoms with Gasteiger partial charge in [-0.05, 0) is 19.3 Å². The van der Waals surface area contributed by atoms with Gasteiger partial charge in [-0.15, -0.1) is 0 Å². The standard InChI is InChI=1S/C9H16O2/c1-4-5-6-8(2)7-11-9(3)10/h4-5,8H,6-7H2,1-3H3/t8-/m1/s1. The Labute approximate surface area is 68.2 Å². The van der Waals surface area contributed by atoms with Crippen LogP contribution in [0.25, 0.3) is 0 Å². The van der Waals surface area contributed by atoms with Crippen molar-refractivity contribution in [2.45, 2.75) is 27.2 Å². The number of rotatable bonds is 4.